The van der Waals surface area contributed by atoms with Gasteiger partial charge in [-0.2, -0.15) is 12.6 Å². The van der Waals surface area contributed by atoms with E-state index in [1.165, 1.54) is 0 Å². The van der Waals surface area contributed by atoms with Crippen LogP contribution in [0, 0.1) is 0 Å². The van der Waals surface area contributed by atoms with E-state index in [0.29, 0.717) is 0 Å². The van der Waals surface area contributed by atoms with E-state index in [2.05, 4.69) is 33.8 Å². The first kappa shape index (κ1) is 14.7. The summed E-state index contributed by atoms with van der Waals surface area (Å²) in [5.74, 6) is 0.740. The van der Waals surface area contributed by atoms with E-state index in [1.54, 1.807) is 6.26 Å². The molecule has 0 aliphatic heterocycles. The fourth-order valence-electron chi connectivity index (χ4n) is 0.506. The Morgan fingerprint density at radius 3 is 2.33 bits per heavy atom. The molecule has 0 radical (unpaired) electrons. The van der Waals surface area contributed by atoms with Crippen molar-refractivity contribution in [3.05, 3.63) is 12.3 Å². The topological polar surface area (TPSA) is 9.23 Å². The zero-order valence-electron chi connectivity index (χ0n) is 7.96. The van der Waals surface area contributed by atoms with Crippen molar-refractivity contribution in [3.63, 3.8) is 0 Å². The highest BCUT2D eigenvalue weighted by Crippen LogP contribution is 1.89. The SMILES string of the molecule is C[N+](C)(C)CCOC=CCS.[Cl-]. The quantitative estimate of drug-likeness (QED) is 0.243. The van der Waals surface area contributed by atoms with E-state index >= 15 is 0 Å². The first-order valence-electron chi connectivity index (χ1n) is 3.74. The molecule has 0 aromatic rings. The van der Waals surface area contributed by atoms with Crippen LogP contribution in [0.4, 0.5) is 0 Å². The summed E-state index contributed by atoms with van der Waals surface area (Å²) in [6.07, 6.45) is 3.60. The predicted molar refractivity (Wildman–Crippen MR) is 51.8 cm³/mol. The van der Waals surface area contributed by atoms with Crippen molar-refractivity contribution in [3.8, 4) is 0 Å². The van der Waals surface area contributed by atoms with Gasteiger partial charge in [-0.1, -0.05) is 0 Å². The number of rotatable bonds is 5. The highest BCUT2D eigenvalue weighted by molar-refractivity contribution is 7.80. The van der Waals surface area contributed by atoms with Gasteiger partial charge in [0.2, 0.25) is 0 Å². The highest BCUT2D eigenvalue weighted by atomic mass is 35.5. The van der Waals surface area contributed by atoms with Gasteiger partial charge in [0.05, 0.1) is 27.4 Å². The van der Waals surface area contributed by atoms with E-state index < -0.39 is 0 Å². The highest BCUT2D eigenvalue weighted by Gasteiger charge is 2.04. The van der Waals surface area contributed by atoms with Crippen molar-refractivity contribution in [1.82, 2.24) is 0 Å². The zero-order valence-corrected chi connectivity index (χ0v) is 9.61. The van der Waals surface area contributed by atoms with Crippen LogP contribution in [0.1, 0.15) is 0 Å². The van der Waals surface area contributed by atoms with Gasteiger partial charge in [-0.3, -0.25) is 0 Å². The van der Waals surface area contributed by atoms with E-state index in [-0.39, 0.29) is 12.4 Å². The van der Waals surface area contributed by atoms with Crippen molar-refractivity contribution in [2.45, 2.75) is 0 Å². The van der Waals surface area contributed by atoms with Gasteiger partial charge in [-0.15, -0.1) is 0 Å². The Balaban J connectivity index is 0. The Kier molecular flexibility index (Phi) is 9.49. The van der Waals surface area contributed by atoms with Gasteiger partial charge in [-0.25, -0.2) is 0 Å². The van der Waals surface area contributed by atoms with Gasteiger partial charge in [-0.05, 0) is 6.08 Å². The summed E-state index contributed by atoms with van der Waals surface area (Å²) >= 11 is 4.01. The molecule has 74 valence electrons. The fourth-order valence-corrected chi connectivity index (χ4v) is 0.592. The molecule has 2 nitrogen and oxygen atoms in total. The van der Waals surface area contributed by atoms with Gasteiger partial charge < -0.3 is 21.6 Å². The molecule has 0 rings (SSSR count). The third-order valence-corrected chi connectivity index (χ3v) is 1.39. The first-order valence-corrected chi connectivity index (χ1v) is 4.37. The molecule has 0 spiro atoms. The number of hydrogen-bond acceptors (Lipinski definition) is 2. The van der Waals surface area contributed by atoms with E-state index in [4.69, 9.17) is 4.74 Å². The smallest absolute Gasteiger partial charge is 0.136 e. The number of ether oxygens (including phenoxy) is 1. The molecular weight excluding hydrogens is 194 g/mol. The third kappa shape index (κ3) is 12.8. The Bertz CT molecular complexity index is 123. The molecule has 0 heterocycles. The van der Waals surface area contributed by atoms with Crippen LogP contribution in [0.5, 0.6) is 0 Å². The summed E-state index contributed by atoms with van der Waals surface area (Å²) < 4.78 is 6.14. The molecule has 4 heteroatoms. The fraction of sp³-hybridized carbons (Fsp3) is 0.750. The van der Waals surface area contributed by atoms with Crippen molar-refractivity contribution >= 4 is 12.6 Å². The van der Waals surface area contributed by atoms with Gasteiger partial charge in [0.15, 0.2) is 0 Å². The lowest BCUT2D eigenvalue weighted by Gasteiger charge is -2.22. The van der Waals surface area contributed by atoms with Crippen molar-refractivity contribution in [2.75, 3.05) is 40.0 Å². The van der Waals surface area contributed by atoms with Crippen LogP contribution in [0.25, 0.3) is 0 Å². The van der Waals surface area contributed by atoms with Crippen LogP contribution in [-0.2, 0) is 4.74 Å². The van der Waals surface area contributed by atoms with Crippen LogP contribution in [0.2, 0.25) is 0 Å². The maximum atomic E-state index is 5.20. The molecular formula is C8H18ClNOS. The normalized spacial score (nSPS) is 11.3. The number of halogens is 1. The largest absolute Gasteiger partial charge is 1.00 e. The first-order chi connectivity index (χ1) is 5.06. The Morgan fingerprint density at radius 2 is 1.92 bits per heavy atom. The van der Waals surface area contributed by atoms with Crippen LogP contribution in [0.15, 0.2) is 12.3 Å². The van der Waals surface area contributed by atoms with Crippen molar-refractivity contribution < 1.29 is 21.6 Å². The lowest BCUT2D eigenvalue weighted by molar-refractivity contribution is -0.870. The average Bonchev–Trinajstić information content (AvgIpc) is 1.85. The van der Waals surface area contributed by atoms with E-state index in [0.717, 1.165) is 23.4 Å². The number of likely N-dealkylation sites (N-methyl/N-ethyl adjacent to an activating group) is 1. The van der Waals surface area contributed by atoms with Crippen molar-refractivity contribution in [2.24, 2.45) is 0 Å². The zero-order chi connectivity index (χ0) is 8.74. The Hall–Kier alpha value is 0.140. The van der Waals surface area contributed by atoms with Gasteiger partial charge in [0, 0.05) is 5.75 Å². The summed E-state index contributed by atoms with van der Waals surface area (Å²) in [6, 6.07) is 0. The predicted octanol–water partition coefficient (Wildman–Crippen LogP) is -1.84. The second-order valence-electron chi connectivity index (χ2n) is 3.44. The maximum Gasteiger partial charge on any atom is 0.136 e. The molecule has 0 unspecified atom stereocenters. The molecule has 0 N–H and O–H groups in total. The van der Waals surface area contributed by atoms with E-state index in [9.17, 15) is 0 Å². The molecule has 0 aliphatic rings. The third-order valence-electron chi connectivity index (χ3n) is 1.18. The maximum absolute atomic E-state index is 5.20. The van der Waals surface area contributed by atoms with Gasteiger partial charge in [0.1, 0.15) is 13.2 Å². The van der Waals surface area contributed by atoms with Crippen LogP contribution < -0.4 is 12.4 Å². The minimum Gasteiger partial charge on any atom is -1.00 e. The summed E-state index contributed by atoms with van der Waals surface area (Å²) in [4.78, 5) is 0. The molecule has 0 fully saturated rings. The number of nitrogens with zero attached hydrogens (tertiary/aromatic N) is 1. The van der Waals surface area contributed by atoms with Gasteiger partial charge >= 0.3 is 0 Å². The summed E-state index contributed by atoms with van der Waals surface area (Å²) in [5.41, 5.74) is 0. The van der Waals surface area contributed by atoms with Crippen LogP contribution in [-0.4, -0.2) is 44.5 Å². The number of thiol groups is 1. The molecule has 0 amide bonds. The van der Waals surface area contributed by atoms with Crippen LogP contribution >= 0.6 is 12.6 Å². The average molecular weight is 212 g/mol. The standard InChI is InChI=1S/C8H17NOS.ClH/c1-9(2,3)5-7-10-6-4-8-11;/h4,6H,5,7-8H2,1-3H3;1H. The molecule has 0 aromatic carbocycles. The summed E-state index contributed by atoms with van der Waals surface area (Å²) in [6.45, 7) is 1.80. The Morgan fingerprint density at radius 1 is 1.33 bits per heavy atom. The second kappa shape index (κ2) is 7.77. The lowest BCUT2D eigenvalue weighted by Crippen LogP contribution is -3.00. The van der Waals surface area contributed by atoms with Gasteiger partial charge in [0.25, 0.3) is 0 Å². The minimum absolute atomic E-state index is 0. The molecule has 0 aromatic heterocycles. The van der Waals surface area contributed by atoms with Crippen LogP contribution in [0.3, 0.4) is 0 Å². The summed E-state index contributed by atoms with van der Waals surface area (Å²) in [7, 11) is 6.43. The molecule has 12 heavy (non-hydrogen) atoms. The molecule has 0 saturated carbocycles. The Labute approximate surface area is 87.0 Å². The van der Waals surface area contributed by atoms with E-state index in [1.807, 2.05) is 6.08 Å². The lowest BCUT2D eigenvalue weighted by atomic mass is 10.5. The molecule has 0 atom stereocenters. The minimum atomic E-state index is 0. The molecule has 0 bridgehead atoms. The number of hydrogen-bond donors (Lipinski definition) is 1. The summed E-state index contributed by atoms with van der Waals surface area (Å²) in [5, 5.41) is 0. The number of quaternary nitrogens is 1. The monoisotopic (exact) mass is 211 g/mol. The molecule has 0 saturated heterocycles. The van der Waals surface area contributed by atoms with Crippen molar-refractivity contribution in [1.29, 1.82) is 0 Å². The second-order valence-corrected chi connectivity index (χ2v) is 3.80. The molecule has 0 aliphatic carbocycles.